The number of benzene rings is 1. The lowest BCUT2D eigenvalue weighted by atomic mass is 10.1. The molecule has 1 N–H and O–H groups in total. The smallest absolute Gasteiger partial charge is 0.323 e. The summed E-state index contributed by atoms with van der Waals surface area (Å²) in [6.45, 7) is 8.20. The molecule has 0 saturated heterocycles. The lowest BCUT2D eigenvalue weighted by Gasteiger charge is -2.23. The molecule has 0 aromatic heterocycles. The van der Waals surface area contributed by atoms with Crippen LogP contribution in [0.5, 0.6) is 5.75 Å². The summed E-state index contributed by atoms with van der Waals surface area (Å²) in [5.74, 6) is 0.266. The van der Waals surface area contributed by atoms with Crippen molar-refractivity contribution in [1.29, 1.82) is 0 Å². The zero-order valence-corrected chi connectivity index (χ0v) is 16.5. The van der Waals surface area contributed by atoms with Crippen molar-refractivity contribution < 1.29 is 23.8 Å². The summed E-state index contributed by atoms with van der Waals surface area (Å²) >= 11 is 0. The van der Waals surface area contributed by atoms with Crippen molar-refractivity contribution in [3.63, 3.8) is 0 Å². The SMILES string of the molecule is CCOC(=O)CCCOc1ccc(CC(NC)C(=O)OC(C)(C)C)cc1. The molecule has 6 nitrogen and oxygen atoms in total. The third-order valence-electron chi connectivity index (χ3n) is 3.50. The van der Waals surface area contributed by atoms with Crippen LogP contribution in [0.15, 0.2) is 24.3 Å². The topological polar surface area (TPSA) is 73.9 Å². The zero-order chi connectivity index (χ0) is 19.6. The predicted octanol–water partition coefficient (Wildman–Crippen LogP) is 2.88. The Labute approximate surface area is 156 Å². The standard InChI is InChI=1S/C20H31NO5/c1-6-24-18(22)8-7-13-25-16-11-9-15(10-12-16)14-17(21-5)19(23)26-20(2,3)4/h9-12,17,21H,6-8,13-14H2,1-5H3. The summed E-state index contributed by atoms with van der Waals surface area (Å²) in [5, 5.41) is 3.00. The van der Waals surface area contributed by atoms with Gasteiger partial charge in [0.25, 0.3) is 0 Å². The van der Waals surface area contributed by atoms with Gasteiger partial charge in [0, 0.05) is 6.42 Å². The lowest BCUT2D eigenvalue weighted by molar-refractivity contribution is -0.157. The molecule has 0 radical (unpaired) electrons. The fraction of sp³-hybridized carbons (Fsp3) is 0.600. The minimum absolute atomic E-state index is 0.202. The third-order valence-corrected chi connectivity index (χ3v) is 3.50. The van der Waals surface area contributed by atoms with Gasteiger partial charge in [0.2, 0.25) is 0 Å². The highest BCUT2D eigenvalue weighted by atomic mass is 16.6. The maximum Gasteiger partial charge on any atom is 0.323 e. The maximum absolute atomic E-state index is 12.2. The molecule has 1 aromatic rings. The van der Waals surface area contributed by atoms with Gasteiger partial charge in [0.05, 0.1) is 13.2 Å². The van der Waals surface area contributed by atoms with Crippen molar-refractivity contribution >= 4 is 11.9 Å². The van der Waals surface area contributed by atoms with E-state index in [0.717, 1.165) is 11.3 Å². The van der Waals surface area contributed by atoms with E-state index in [1.165, 1.54) is 0 Å². The van der Waals surface area contributed by atoms with Crippen LogP contribution >= 0.6 is 0 Å². The number of carbonyl (C=O) groups excluding carboxylic acids is 2. The van der Waals surface area contributed by atoms with Gasteiger partial charge >= 0.3 is 11.9 Å². The normalized spacial score (nSPS) is 12.3. The number of likely N-dealkylation sites (N-methyl/N-ethyl adjacent to an activating group) is 1. The molecule has 6 heteroatoms. The summed E-state index contributed by atoms with van der Waals surface area (Å²) in [6.07, 6.45) is 1.50. The second kappa shape index (κ2) is 10.8. The number of ether oxygens (including phenoxy) is 3. The Kier molecular flexibility index (Phi) is 9.13. The van der Waals surface area contributed by atoms with E-state index >= 15 is 0 Å². The second-order valence-electron chi connectivity index (χ2n) is 6.98. The molecular formula is C20H31NO5. The minimum atomic E-state index is -0.507. The largest absolute Gasteiger partial charge is 0.494 e. The molecule has 0 fully saturated rings. The Morgan fingerprint density at radius 3 is 2.35 bits per heavy atom. The summed E-state index contributed by atoms with van der Waals surface area (Å²) < 4.78 is 15.9. The van der Waals surface area contributed by atoms with E-state index in [2.05, 4.69) is 5.32 Å². The fourth-order valence-electron chi connectivity index (χ4n) is 2.27. The third kappa shape index (κ3) is 8.85. The first-order valence-electron chi connectivity index (χ1n) is 9.02. The number of esters is 2. The van der Waals surface area contributed by atoms with E-state index in [1.54, 1.807) is 14.0 Å². The molecule has 0 aliphatic rings. The molecule has 0 heterocycles. The van der Waals surface area contributed by atoms with Gasteiger partial charge in [-0.15, -0.1) is 0 Å². The first-order chi connectivity index (χ1) is 12.2. The van der Waals surface area contributed by atoms with E-state index in [4.69, 9.17) is 14.2 Å². The first-order valence-corrected chi connectivity index (χ1v) is 9.02. The highest BCUT2D eigenvalue weighted by Gasteiger charge is 2.24. The van der Waals surface area contributed by atoms with Crippen LogP contribution in [0.1, 0.15) is 46.1 Å². The van der Waals surface area contributed by atoms with E-state index in [0.29, 0.717) is 32.5 Å². The van der Waals surface area contributed by atoms with Crippen molar-refractivity contribution in [2.75, 3.05) is 20.3 Å². The number of rotatable bonds is 10. The van der Waals surface area contributed by atoms with Crippen LogP contribution < -0.4 is 10.1 Å². The maximum atomic E-state index is 12.2. The zero-order valence-electron chi connectivity index (χ0n) is 16.5. The van der Waals surface area contributed by atoms with Crippen LogP contribution in [-0.4, -0.2) is 43.8 Å². The van der Waals surface area contributed by atoms with Gasteiger partial charge in [-0.2, -0.15) is 0 Å². The number of hydrogen-bond acceptors (Lipinski definition) is 6. The number of nitrogens with one attached hydrogen (secondary N) is 1. The van der Waals surface area contributed by atoms with Gasteiger partial charge in [0.1, 0.15) is 17.4 Å². The highest BCUT2D eigenvalue weighted by Crippen LogP contribution is 2.16. The molecule has 146 valence electrons. The van der Waals surface area contributed by atoms with Gasteiger partial charge in [-0.25, -0.2) is 0 Å². The summed E-state index contributed by atoms with van der Waals surface area (Å²) in [4.78, 5) is 23.4. The van der Waals surface area contributed by atoms with Crippen molar-refractivity contribution in [3.05, 3.63) is 29.8 Å². The molecule has 0 aliphatic heterocycles. The Morgan fingerprint density at radius 2 is 1.81 bits per heavy atom. The number of hydrogen-bond donors (Lipinski definition) is 1. The van der Waals surface area contributed by atoms with E-state index in [1.807, 2.05) is 45.0 Å². The van der Waals surface area contributed by atoms with Crippen LogP contribution in [-0.2, 0) is 25.5 Å². The molecule has 0 bridgehead atoms. The molecule has 26 heavy (non-hydrogen) atoms. The van der Waals surface area contributed by atoms with E-state index < -0.39 is 11.6 Å². The van der Waals surface area contributed by atoms with Gasteiger partial charge in [-0.05, 0) is 65.3 Å². The molecule has 0 amide bonds. The van der Waals surface area contributed by atoms with Crippen LogP contribution in [0.3, 0.4) is 0 Å². The molecule has 1 rings (SSSR count). The Balaban J connectivity index is 2.45. The van der Waals surface area contributed by atoms with Crippen molar-refractivity contribution in [2.24, 2.45) is 0 Å². The molecule has 0 spiro atoms. The van der Waals surface area contributed by atoms with E-state index in [9.17, 15) is 9.59 Å². The molecular weight excluding hydrogens is 334 g/mol. The first kappa shape index (κ1) is 22.0. The number of carbonyl (C=O) groups is 2. The van der Waals surface area contributed by atoms with Crippen molar-refractivity contribution in [1.82, 2.24) is 5.32 Å². The molecule has 0 saturated carbocycles. The van der Waals surface area contributed by atoms with E-state index in [-0.39, 0.29) is 11.9 Å². The summed E-state index contributed by atoms with van der Waals surface area (Å²) in [5.41, 5.74) is 0.502. The average Bonchev–Trinajstić information content (AvgIpc) is 2.56. The molecule has 1 unspecified atom stereocenters. The van der Waals surface area contributed by atoms with Gasteiger partial charge in [0.15, 0.2) is 0 Å². The van der Waals surface area contributed by atoms with Crippen molar-refractivity contribution in [3.8, 4) is 5.75 Å². The van der Waals surface area contributed by atoms with Crippen LogP contribution in [0.25, 0.3) is 0 Å². The highest BCUT2D eigenvalue weighted by molar-refractivity contribution is 5.76. The lowest BCUT2D eigenvalue weighted by Crippen LogP contribution is -2.41. The molecule has 1 atom stereocenters. The second-order valence-corrected chi connectivity index (χ2v) is 6.98. The Morgan fingerprint density at radius 1 is 1.15 bits per heavy atom. The Hall–Kier alpha value is -2.08. The van der Waals surface area contributed by atoms with Crippen LogP contribution in [0.2, 0.25) is 0 Å². The summed E-state index contributed by atoms with van der Waals surface area (Å²) in [6, 6.07) is 7.18. The van der Waals surface area contributed by atoms with Crippen molar-refractivity contribution in [2.45, 2.75) is 58.6 Å². The van der Waals surface area contributed by atoms with Crippen LogP contribution in [0, 0.1) is 0 Å². The molecule has 0 aliphatic carbocycles. The predicted molar refractivity (Wildman–Crippen MR) is 100 cm³/mol. The Bertz CT molecular complexity index is 563. The monoisotopic (exact) mass is 365 g/mol. The van der Waals surface area contributed by atoms with Crippen LogP contribution in [0.4, 0.5) is 0 Å². The van der Waals surface area contributed by atoms with Gasteiger partial charge < -0.3 is 19.5 Å². The van der Waals surface area contributed by atoms with Gasteiger partial charge in [-0.1, -0.05) is 12.1 Å². The average molecular weight is 365 g/mol. The molecule has 1 aromatic carbocycles. The quantitative estimate of drug-likeness (QED) is 0.508. The summed E-state index contributed by atoms with van der Waals surface area (Å²) in [7, 11) is 1.75. The minimum Gasteiger partial charge on any atom is -0.494 e. The van der Waals surface area contributed by atoms with Gasteiger partial charge in [-0.3, -0.25) is 9.59 Å². The fourth-order valence-corrected chi connectivity index (χ4v) is 2.27.